The molecule has 0 amide bonds. The molecule has 17 heavy (non-hydrogen) atoms. The molecule has 1 fully saturated rings. The van der Waals surface area contributed by atoms with Gasteiger partial charge in [-0.25, -0.2) is 9.97 Å². The van der Waals surface area contributed by atoms with Crippen molar-refractivity contribution in [2.24, 2.45) is 0 Å². The topological polar surface area (TPSA) is 47.0 Å². The summed E-state index contributed by atoms with van der Waals surface area (Å²) in [5, 5.41) is 3.12. The van der Waals surface area contributed by atoms with Crippen LogP contribution in [0.4, 0.5) is 5.82 Å². The van der Waals surface area contributed by atoms with Crippen molar-refractivity contribution in [2.75, 3.05) is 19.0 Å². The van der Waals surface area contributed by atoms with Crippen molar-refractivity contribution in [3.05, 3.63) is 17.1 Å². The second kappa shape index (κ2) is 5.45. The summed E-state index contributed by atoms with van der Waals surface area (Å²) in [5.74, 6) is 1.83. The molecule has 1 atom stereocenters. The van der Waals surface area contributed by atoms with Crippen LogP contribution in [0.15, 0.2) is 0 Å². The zero-order chi connectivity index (χ0) is 12.3. The fraction of sp³-hybridized carbons (Fsp3) is 0.692. The van der Waals surface area contributed by atoms with Gasteiger partial charge in [0.05, 0.1) is 6.10 Å². The van der Waals surface area contributed by atoms with Crippen LogP contribution in [-0.4, -0.2) is 29.7 Å². The fourth-order valence-corrected chi connectivity index (χ4v) is 2.19. The van der Waals surface area contributed by atoms with Crippen LogP contribution >= 0.6 is 0 Å². The second-order valence-electron chi connectivity index (χ2n) is 4.64. The molecular formula is C13H21N3O. The van der Waals surface area contributed by atoms with Crippen molar-refractivity contribution in [1.82, 2.24) is 9.97 Å². The van der Waals surface area contributed by atoms with Crippen LogP contribution < -0.4 is 5.32 Å². The maximum Gasteiger partial charge on any atom is 0.133 e. The molecule has 0 radical (unpaired) electrons. The summed E-state index contributed by atoms with van der Waals surface area (Å²) in [7, 11) is 1.90. The molecule has 4 nitrogen and oxygen atoms in total. The highest BCUT2D eigenvalue weighted by Crippen LogP contribution is 2.19. The molecule has 2 rings (SSSR count). The van der Waals surface area contributed by atoms with Crippen LogP contribution in [-0.2, 0) is 11.2 Å². The molecule has 4 heteroatoms. The number of anilines is 1. The van der Waals surface area contributed by atoms with Crippen LogP contribution in [0.1, 0.15) is 36.3 Å². The molecule has 1 N–H and O–H groups in total. The van der Waals surface area contributed by atoms with Crippen LogP contribution in [0, 0.1) is 13.8 Å². The molecule has 0 saturated carbocycles. The summed E-state index contributed by atoms with van der Waals surface area (Å²) in [6.07, 6.45) is 4.71. The molecule has 0 aromatic carbocycles. The number of nitrogens with zero attached hydrogens (tertiary/aromatic N) is 2. The van der Waals surface area contributed by atoms with Gasteiger partial charge in [0.1, 0.15) is 11.6 Å². The molecule has 1 aliphatic rings. The molecule has 1 aromatic heterocycles. The van der Waals surface area contributed by atoms with Gasteiger partial charge in [-0.15, -0.1) is 0 Å². The maximum atomic E-state index is 5.73. The van der Waals surface area contributed by atoms with Crippen LogP contribution in [0.5, 0.6) is 0 Å². The van der Waals surface area contributed by atoms with E-state index in [0.717, 1.165) is 42.3 Å². The maximum absolute atomic E-state index is 5.73. The van der Waals surface area contributed by atoms with Crippen LogP contribution in [0.3, 0.4) is 0 Å². The summed E-state index contributed by atoms with van der Waals surface area (Å²) in [4.78, 5) is 9.09. The molecule has 94 valence electrons. The largest absolute Gasteiger partial charge is 0.378 e. The van der Waals surface area contributed by atoms with E-state index in [0.29, 0.717) is 6.10 Å². The van der Waals surface area contributed by atoms with Crippen molar-refractivity contribution >= 4 is 5.82 Å². The number of nitrogens with one attached hydrogen (secondary N) is 1. The highest BCUT2D eigenvalue weighted by Gasteiger charge is 2.17. The Morgan fingerprint density at radius 2 is 2.12 bits per heavy atom. The average Bonchev–Trinajstić information content (AvgIpc) is 2.35. The van der Waals surface area contributed by atoms with Gasteiger partial charge in [-0.2, -0.15) is 0 Å². The summed E-state index contributed by atoms with van der Waals surface area (Å²) in [5.41, 5.74) is 2.18. The fourth-order valence-electron chi connectivity index (χ4n) is 2.19. The Bertz CT molecular complexity index is 386. The summed E-state index contributed by atoms with van der Waals surface area (Å²) < 4.78 is 5.73. The van der Waals surface area contributed by atoms with E-state index in [1.54, 1.807) is 0 Å². The Labute approximate surface area is 103 Å². The minimum atomic E-state index is 0.301. The number of ether oxygens (including phenoxy) is 1. The van der Waals surface area contributed by atoms with Crippen molar-refractivity contribution in [2.45, 2.75) is 45.6 Å². The van der Waals surface area contributed by atoms with Crippen LogP contribution in [0.2, 0.25) is 0 Å². The van der Waals surface area contributed by atoms with Gasteiger partial charge in [-0.3, -0.25) is 0 Å². The van der Waals surface area contributed by atoms with Gasteiger partial charge in [0.2, 0.25) is 0 Å². The first-order valence-corrected chi connectivity index (χ1v) is 6.34. The Morgan fingerprint density at radius 1 is 1.29 bits per heavy atom. The molecular weight excluding hydrogens is 214 g/mol. The Kier molecular flexibility index (Phi) is 3.94. The minimum absolute atomic E-state index is 0.301. The summed E-state index contributed by atoms with van der Waals surface area (Å²) in [6.45, 7) is 4.96. The smallest absolute Gasteiger partial charge is 0.133 e. The molecule has 0 spiro atoms. The zero-order valence-electron chi connectivity index (χ0n) is 10.9. The molecule has 1 saturated heterocycles. The van der Waals surface area contributed by atoms with Crippen LogP contribution in [0.25, 0.3) is 0 Å². The van der Waals surface area contributed by atoms with Gasteiger partial charge in [0, 0.05) is 31.3 Å². The highest BCUT2D eigenvalue weighted by atomic mass is 16.5. The first kappa shape index (κ1) is 12.3. The number of rotatable bonds is 3. The Morgan fingerprint density at radius 3 is 2.76 bits per heavy atom. The third kappa shape index (κ3) is 2.94. The first-order chi connectivity index (χ1) is 8.20. The third-order valence-electron chi connectivity index (χ3n) is 3.36. The van der Waals surface area contributed by atoms with E-state index >= 15 is 0 Å². The Balaban J connectivity index is 2.12. The van der Waals surface area contributed by atoms with E-state index in [-0.39, 0.29) is 0 Å². The molecule has 1 unspecified atom stereocenters. The summed E-state index contributed by atoms with van der Waals surface area (Å²) in [6, 6.07) is 0. The quantitative estimate of drug-likeness (QED) is 0.873. The Hall–Kier alpha value is -1.16. The van der Waals surface area contributed by atoms with Gasteiger partial charge < -0.3 is 10.1 Å². The van der Waals surface area contributed by atoms with E-state index in [1.165, 1.54) is 12.8 Å². The number of hydrogen-bond acceptors (Lipinski definition) is 4. The lowest BCUT2D eigenvalue weighted by atomic mass is 10.1. The van der Waals surface area contributed by atoms with Crippen molar-refractivity contribution in [3.63, 3.8) is 0 Å². The van der Waals surface area contributed by atoms with Crippen molar-refractivity contribution in [3.8, 4) is 0 Å². The molecule has 0 aliphatic carbocycles. The highest BCUT2D eigenvalue weighted by molar-refractivity contribution is 5.44. The molecule has 0 bridgehead atoms. The van der Waals surface area contributed by atoms with Gasteiger partial charge in [0.25, 0.3) is 0 Å². The minimum Gasteiger partial charge on any atom is -0.378 e. The van der Waals surface area contributed by atoms with Crippen molar-refractivity contribution in [1.29, 1.82) is 0 Å². The van der Waals surface area contributed by atoms with Gasteiger partial charge >= 0.3 is 0 Å². The monoisotopic (exact) mass is 235 g/mol. The zero-order valence-corrected chi connectivity index (χ0v) is 10.9. The van der Waals surface area contributed by atoms with E-state index < -0.39 is 0 Å². The predicted octanol–water partition coefficient (Wildman–Crippen LogP) is 2.25. The first-order valence-electron chi connectivity index (χ1n) is 6.34. The molecule has 1 aromatic rings. The van der Waals surface area contributed by atoms with Crippen molar-refractivity contribution < 1.29 is 4.74 Å². The molecule has 1 aliphatic heterocycles. The number of aromatic nitrogens is 2. The van der Waals surface area contributed by atoms with Gasteiger partial charge in [-0.05, 0) is 33.1 Å². The van der Waals surface area contributed by atoms with E-state index in [9.17, 15) is 0 Å². The average molecular weight is 235 g/mol. The normalized spacial score (nSPS) is 20.3. The lowest BCUT2D eigenvalue weighted by Crippen LogP contribution is -2.23. The third-order valence-corrected chi connectivity index (χ3v) is 3.36. The lowest BCUT2D eigenvalue weighted by molar-refractivity contribution is 0.0156. The molecule has 2 heterocycles. The standard InChI is InChI=1S/C13H21N3O/c1-9-10(2)15-12(16-13(9)14-3)8-11-6-4-5-7-17-11/h11H,4-8H2,1-3H3,(H,14,15,16). The van der Waals surface area contributed by atoms with E-state index in [4.69, 9.17) is 4.74 Å². The SMILES string of the molecule is CNc1nc(CC2CCCCO2)nc(C)c1C. The number of aryl methyl sites for hydroxylation is 1. The number of hydrogen-bond donors (Lipinski definition) is 1. The summed E-state index contributed by atoms with van der Waals surface area (Å²) >= 11 is 0. The van der Waals surface area contributed by atoms with E-state index in [2.05, 4.69) is 15.3 Å². The predicted molar refractivity (Wildman–Crippen MR) is 68.3 cm³/mol. The van der Waals surface area contributed by atoms with Gasteiger partial charge in [0.15, 0.2) is 0 Å². The van der Waals surface area contributed by atoms with E-state index in [1.807, 2.05) is 20.9 Å². The lowest BCUT2D eigenvalue weighted by Gasteiger charge is -2.22. The second-order valence-corrected chi connectivity index (χ2v) is 4.64. The van der Waals surface area contributed by atoms with Gasteiger partial charge in [-0.1, -0.05) is 0 Å².